The molecule has 1 unspecified atom stereocenters. The van der Waals surface area contributed by atoms with Crippen LogP contribution < -0.4 is 15.4 Å². The Kier molecular flexibility index (Phi) is 8.07. The number of hydrogen-bond donors (Lipinski definition) is 2. The van der Waals surface area contributed by atoms with Crippen LogP contribution >= 0.6 is 0 Å². The molecule has 32 heavy (non-hydrogen) atoms. The fourth-order valence-electron chi connectivity index (χ4n) is 3.38. The van der Waals surface area contributed by atoms with Crippen molar-refractivity contribution >= 4 is 23.2 Å². The zero-order chi connectivity index (χ0) is 23.1. The summed E-state index contributed by atoms with van der Waals surface area (Å²) in [7, 11) is 0. The summed E-state index contributed by atoms with van der Waals surface area (Å²) in [5, 5.41) is 5.50. The molecule has 2 amide bonds. The van der Waals surface area contributed by atoms with Gasteiger partial charge in [-0.3, -0.25) is 19.4 Å². The summed E-state index contributed by atoms with van der Waals surface area (Å²) in [4.78, 5) is 28.8. The van der Waals surface area contributed by atoms with Gasteiger partial charge >= 0.3 is 6.61 Å². The Bertz CT molecular complexity index is 902. The van der Waals surface area contributed by atoms with Gasteiger partial charge in [0.1, 0.15) is 11.6 Å². The number of hydrogen-bond acceptors (Lipinski definition) is 5. The van der Waals surface area contributed by atoms with Crippen LogP contribution in [-0.4, -0.2) is 67.0 Å². The highest BCUT2D eigenvalue weighted by Gasteiger charge is 2.26. The van der Waals surface area contributed by atoms with E-state index in [0.29, 0.717) is 37.6 Å². The number of carbonyl (C=O) groups is 2. The molecule has 1 atom stereocenters. The summed E-state index contributed by atoms with van der Waals surface area (Å²) in [5.41, 5.74) is 1.02. The van der Waals surface area contributed by atoms with Crippen molar-refractivity contribution in [3.8, 4) is 5.75 Å². The number of rotatable bonds is 8. The Morgan fingerprint density at radius 2 is 1.50 bits per heavy atom. The third-order valence-corrected chi connectivity index (χ3v) is 5.18. The summed E-state index contributed by atoms with van der Waals surface area (Å²) >= 11 is 0. The van der Waals surface area contributed by atoms with Crippen molar-refractivity contribution < 1.29 is 27.5 Å². The molecule has 1 saturated heterocycles. The minimum atomic E-state index is -2.90. The maximum atomic E-state index is 13.0. The van der Waals surface area contributed by atoms with Gasteiger partial charge in [0, 0.05) is 37.6 Å². The normalized spacial score (nSPS) is 15.9. The molecule has 3 rings (SSSR count). The summed E-state index contributed by atoms with van der Waals surface area (Å²) in [6.45, 7) is 1.56. The van der Waals surface area contributed by atoms with Crippen molar-refractivity contribution in [1.29, 1.82) is 0 Å². The third kappa shape index (κ3) is 6.96. The van der Waals surface area contributed by atoms with Crippen LogP contribution in [0, 0.1) is 5.82 Å². The minimum Gasteiger partial charge on any atom is -0.435 e. The molecule has 2 aromatic carbocycles. The fourth-order valence-corrected chi connectivity index (χ4v) is 3.38. The lowest BCUT2D eigenvalue weighted by molar-refractivity contribution is -0.122. The smallest absolute Gasteiger partial charge is 0.387 e. The van der Waals surface area contributed by atoms with Gasteiger partial charge in [-0.25, -0.2) is 4.39 Å². The van der Waals surface area contributed by atoms with E-state index >= 15 is 0 Å². The van der Waals surface area contributed by atoms with Crippen LogP contribution in [0.1, 0.15) is 6.92 Å². The average molecular weight is 450 g/mol. The lowest BCUT2D eigenvalue weighted by Gasteiger charge is -2.37. The molecule has 0 radical (unpaired) electrons. The number of nitrogens with zero attached hydrogens (tertiary/aromatic N) is 2. The quantitative estimate of drug-likeness (QED) is 0.647. The lowest BCUT2D eigenvalue weighted by Crippen LogP contribution is -2.53. The number of ether oxygens (including phenoxy) is 1. The van der Waals surface area contributed by atoms with Crippen molar-refractivity contribution in [2.75, 3.05) is 43.4 Å². The Morgan fingerprint density at radius 3 is 2.09 bits per heavy atom. The van der Waals surface area contributed by atoms with Gasteiger partial charge in [0.25, 0.3) is 0 Å². The molecule has 0 bridgehead atoms. The molecule has 0 spiro atoms. The van der Waals surface area contributed by atoms with Crippen LogP contribution in [0.4, 0.5) is 24.5 Å². The Labute approximate surface area is 184 Å². The summed E-state index contributed by atoms with van der Waals surface area (Å²) < 4.78 is 41.7. The molecule has 0 saturated carbocycles. The van der Waals surface area contributed by atoms with Crippen molar-refractivity contribution in [2.24, 2.45) is 0 Å². The largest absolute Gasteiger partial charge is 0.435 e. The summed E-state index contributed by atoms with van der Waals surface area (Å²) in [6, 6.07) is 10.9. The van der Waals surface area contributed by atoms with Crippen molar-refractivity contribution in [3.05, 3.63) is 54.3 Å². The molecule has 1 aliphatic heterocycles. The third-order valence-electron chi connectivity index (χ3n) is 5.18. The average Bonchev–Trinajstić information content (AvgIpc) is 2.76. The predicted molar refractivity (Wildman–Crippen MR) is 114 cm³/mol. The van der Waals surface area contributed by atoms with Crippen LogP contribution in [-0.2, 0) is 9.59 Å². The maximum Gasteiger partial charge on any atom is 0.387 e. The van der Waals surface area contributed by atoms with E-state index in [9.17, 15) is 22.8 Å². The van der Waals surface area contributed by atoms with Gasteiger partial charge in [-0.2, -0.15) is 8.78 Å². The number of nitrogens with one attached hydrogen (secondary N) is 2. The number of anilines is 2. The number of piperazine rings is 1. The monoisotopic (exact) mass is 450 g/mol. The highest BCUT2D eigenvalue weighted by atomic mass is 19.3. The molecule has 172 valence electrons. The molecule has 1 heterocycles. The van der Waals surface area contributed by atoms with Crippen LogP contribution in [0.3, 0.4) is 0 Å². The number of carbonyl (C=O) groups excluding carboxylic acids is 2. The van der Waals surface area contributed by atoms with Gasteiger partial charge in [-0.1, -0.05) is 0 Å². The summed E-state index contributed by atoms with van der Waals surface area (Å²) in [6.07, 6.45) is 0. The highest BCUT2D eigenvalue weighted by Crippen LogP contribution is 2.18. The molecule has 10 heteroatoms. The van der Waals surface area contributed by atoms with E-state index in [1.807, 2.05) is 9.80 Å². The number of halogens is 3. The second kappa shape index (κ2) is 11.0. The van der Waals surface area contributed by atoms with E-state index < -0.39 is 12.7 Å². The van der Waals surface area contributed by atoms with E-state index in [4.69, 9.17) is 0 Å². The molecule has 1 aliphatic rings. The van der Waals surface area contributed by atoms with Gasteiger partial charge in [-0.05, 0) is 55.5 Å². The molecule has 0 aliphatic carbocycles. The zero-order valence-electron chi connectivity index (χ0n) is 17.6. The van der Waals surface area contributed by atoms with Crippen LogP contribution in [0.5, 0.6) is 5.75 Å². The van der Waals surface area contributed by atoms with Gasteiger partial charge in [0.2, 0.25) is 11.8 Å². The van der Waals surface area contributed by atoms with Gasteiger partial charge < -0.3 is 15.4 Å². The molecular weight excluding hydrogens is 425 g/mol. The van der Waals surface area contributed by atoms with Crippen molar-refractivity contribution in [1.82, 2.24) is 9.80 Å². The predicted octanol–water partition coefficient (Wildman–Crippen LogP) is 3.01. The topological polar surface area (TPSA) is 73.9 Å². The van der Waals surface area contributed by atoms with E-state index in [1.165, 1.54) is 48.5 Å². The molecular formula is C22H25F3N4O3. The Balaban J connectivity index is 1.42. The van der Waals surface area contributed by atoms with Crippen LogP contribution in [0.2, 0.25) is 0 Å². The summed E-state index contributed by atoms with van der Waals surface area (Å²) in [5.74, 6) is -0.745. The number of alkyl halides is 2. The molecule has 2 aromatic rings. The van der Waals surface area contributed by atoms with Crippen molar-refractivity contribution in [3.63, 3.8) is 0 Å². The fraction of sp³-hybridized carbons (Fsp3) is 0.364. The van der Waals surface area contributed by atoms with E-state index in [1.54, 1.807) is 6.92 Å². The Hall–Kier alpha value is -3.11. The molecule has 2 N–H and O–H groups in total. The number of benzene rings is 2. The molecule has 0 aromatic heterocycles. The van der Waals surface area contributed by atoms with Gasteiger partial charge in [0.15, 0.2) is 0 Å². The van der Waals surface area contributed by atoms with E-state index in [2.05, 4.69) is 15.4 Å². The first-order chi connectivity index (χ1) is 15.3. The first-order valence-corrected chi connectivity index (χ1v) is 10.2. The Morgan fingerprint density at radius 1 is 0.938 bits per heavy atom. The number of amides is 2. The standard InChI is InChI=1S/C22H25F3N4O3/c1-15(21(31)27-18-6-8-19(9-7-18)32-22(24)25)29-12-10-28(11-13-29)14-20(30)26-17-4-2-16(23)3-5-17/h2-9,15,22H,10-14H2,1H3,(H,26,30)(H,27,31). The lowest BCUT2D eigenvalue weighted by atomic mass is 10.2. The second-order valence-corrected chi connectivity index (χ2v) is 7.44. The second-order valence-electron chi connectivity index (χ2n) is 7.44. The van der Waals surface area contributed by atoms with Gasteiger partial charge in [-0.15, -0.1) is 0 Å². The van der Waals surface area contributed by atoms with Gasteiger partial charge in [0.05, 0.1) is 12.6 Å². The van der Waals surface area contributed by atoms with Crippen molar-refractivity contribution in [2.45, 2.75) is 19.6 Å². The molecule has 1 fully saturated rings. The van der Waals surface area contributed by atoms with Crippen LogP contribution in [0.15, 0.2) is 48.5 Å². The van der Waals surface area contributed by atoms with E-state index in [-0.39, 0.29) is 29.9 Å². The van der Waals surface area contributed by atoms with E-state index in [0.717, 1.165) is 0 Å². The highest BCUT2D eigenvalue weighted by molar-refractivity contribution is 5.94. The van der Waals surface area contributed by atoms with Crippen LogP contribution in [0.25, 0.3) is 0 Å². The SMILES string of the molecule is CC(C(=O)Nc1ccc(OC(F)F)cc1)N1CCN(CC(=O)Nc2ccc(F)cc2)CC1. The maximum absolute atomic E-state index is 13.0. The first-order valence-electron chi connectivity index (χ1n) is 10.2. The molecule has 7 nitrogen and oxygen atoms in total. The zero-order valence-corrected chi connectivity index (χ0v) is 17.6. The minimum absolute atomic E-state index is 0.0191. The first kappa shape index (κ1) is 23.6.